The van der Waals surface area contributed by atoms with E-state index in [1.54, 1.807) is 21.8 Å². The number of hydrogen-bond acceptors (Lipinski definition) is 8. The van der Waals surface area contributed by atoms with Crippen LogP contribution in [-0.4, -0.2) is 55.9 Å². The Hall–Kier alpha value is -6.17. The van der Waals surface area contributed by atoms with E-state index < -0.39 is 17.1 Å². The Balaban J connectivity index is 1.13. The van der Waals surface area contributed by atoms with Gasteiger partial charge in [-0.3, -0.25) is 24.2 Å². The van der Waals surface area contributed by atoms with Gasteiger partial charge in [0, 0.05) is 35.4 Å². The number of fused-ring (bicyclic) bond motifs is 4. The molecule has 0 aliphatic carbocycles. The average Bonchev–Trinajstić information content (AvgIpc) is 3.67. The largest absolute Gasteiger partial charge is 0.497 e. The number of carbonyl (C=O) groups is 3. The van der Waals surface area contributed by atoms with Crippen LogP contribution in [0.15, 0.2) is 115 Å². The lowest BCUT2D eigenvalue weighted by molar-refractivity contribution is -0.146. The highest BCUT2D eigenvalue weighted by molar-refractivity contribution is 6.10. The van der Waals surface area contributed by atoms with Crippen LogP contribution in [-0.2, 0) is 36.7 Å². The van der Waals surface area contributed by atoms with Gasteiger partial charge in [0.05, 0.1) is 36.8 Å². The average molecular weight is 780 g/mol. The smallest absolute Gasteiger partial charge is 0.269 e. The second-order valence-electron chi connectivity index (χ2n) is 15.9. The Bertz CT molecular complexity index is 2410. The van der Waals surface area contributed by atoms with Gasteiger partial charge in [-0.1, -0.05) is 69.3 Å². The fourth-order valence-corrected chi connectivity index (χ4v) is 9.70. The van der Waals surface area contributed by atoms with E-state index in [9.17, 15) is 14.7 Å². The lowest BCUT2D eigenvalue weighted by Gasteiger charge is -2.38. The molecule has 4 aliphatic rings. The summed E-state index contributed by atoms with van der Waals surface area (Å²) in [6, 6.07) is 36.2. The van der Waals surface area contributed by atoms with E-state index in [1.165, 1.54) is 0 Å². The van der Waals surface area contributed by atoms with Crippen LogP contribution in [0.25, 0.3) is 0 Å². The second kappa shape index (κ2) is 14.3. The SMILES string of the molecule is COc1ccc(C(C)(C)[C@@H]2[C@@H](CCO)O[C@]3(C(=O)N(Cc4ccc(N5C(=O)COc6ccccc65)cc4)c4ccc(N5C(=O)COc6ccccc65)cc43)[C@H]2C)cc1. The minimum atomic E-state index is -1.43. The molecule has 0 unspecified atom stereocenters. The van der Waals surface area contributed by atoms with Gasteiger partial charge < -0.3 is 29.0 Å². The molecule has 1 spiro atoms. The van der Waals surface area contributed by atoms with Crippen LogP contribution in [0.5, 0.6) is 17.2 Å². The highest BCUT2D eigenvalue weighted by Gasteiger charge is 2.66. The molecular formula is C47H45N3O8. The predicted molar refractivity (Wildman–Crippen MR) is 219 cm³/mol. The summed E-state index contributed by atoms with van der Waals surface area (Å²) >= 11 is 0. The van der Waals surface area contributed by atoms with Gasteiger partial charge in [-0.15, -0.1) is 0 Å². The number of benzene rings is 5. The molecule has 11 nitrogen and oxygen atoms in total. The first kappa shape index (κ1) is 37.4. The topological polar surface area (TPSA) is 118 Å². The van der Waals surface area contributed by atoms with Crippen molar-refractivity contribution < 1.29 is 38.4 Å². The number of rotatable bonds is 9. The van der Waals surface area contributed by atoms with Crippen molar-refractivity contribution in [3.05, 3.63) is 132 Å². The van der Waals surface area contributed by atoms with Gasteiger partial charge in [0.2, 0.25) is 0 Å². The number of methoxy groups -OCH3 is 1. The zero-order valence-corrected chi connectivity index (χ0v) is 32.9. The summed E-state index contributed by atoms with van der Waals surface area (Å²) in [4.78, 5) is 47.2. The lowest BCUT2D eigenvalue weighted by Crippen LogP contribution is -2.45. The first-order chi connectivity index (χ1) is 28.1. The number of aliphatic hydroxyl groups is 1. The molecule has 4 aliphatic heterocycles. The van der Waals surface area contributed by atoms with Crippen molar-refractivity contribution in [2.45, 2.75) is 50.9 Å². The second-order valence-corrected chi connectivity index (χ2v) is 15.9. The highest BCUT2D eigenvalue weighted by Crippen LogP contribution is 2.60. The van der Waals surface area contributed by atoms with Gasteiger partial charge in [0.15, 0.2) is 18.8 Å². The third-order valence-corrected chi connectivity index (χ3v) is 12.4. The van der Waals surface area contributed by atoms with Crippen molar-refractivity contribution in [1.82, 2.24) is 0 Å². The van der Waals surface area contributed by atoms with Gasteiger partial charge in [-0.2, -0.15) is 0 Å². The Morgan fingerprint density at radius 1 is 0.759 bits per heavy atom. The van der Waals surface area contributed by atoms with Crippen LogP contribution in [0.1, 0.15) is 43.9 Å². The van der Waals surface area contributed by atoms with Crippen molar-refractivity contribution in [3.8, 4) is 17.2 Å². The van der Waals surface area contributed by atoms with Crippen molar-refractivity contribution in [2.75, 3.05) is 41.6 Å². The third-order valence-electron chi connectivity index (χ3n) is 12.4. The molecule has 5 aromatic rings. The summed E-state index contributed by atoms with van der Waals surface area (Å²) in [5.41, 5.74) is 3.91. The summed E-state index contributed by atoms with van der Waals surface area (Å²) in [5.74, 6) is 0.793. The number of para-hydroxylation sites is 4. The van der Waals surface area contributed by atoms with Crippen LogP contribution in [0.4, 0.5) is 28.4 Å². The third kappa shape index (κ3) is 5.82. The van der Waals surface area contributed by atoms with Crippen LogP contribution in [0.3, 0.4) is 0 Å². The van der Waals surface area contributed by atoms with Crippen molar-refractivity contribution >= 4 is 46.2 Å². The predicted octanol–water partition coefficient (Wildman–Crippen LogP) is 7.56. The Morgan fingerprint density at radius 2 is 1.34 bits per heavy atom. The summed E-state index contributed by atoms with van der Waals surface area (Å²) < 4.78 is 24.0. The number of carbonyl (C=O) groups excluding carboxylic acids is 3. The van der Waals surface area contributed by atoms with Crippen molar-refractivity contribution in [3.63, 3.8) is 0 Å². The van der Waals surface area contributed by atoms with Crippen molar-refractivity contribution in [1.29, 1.82) is 0 Å². The number of ether oxygens (including phenoxy) is 4. The quantitative estimate of drug-likeness (QED) is 0.163. The van der Waals surface area contributed by atoms with Crippen LogP contribution >= 0.6 is 0 Å². The van der Waals surface area contributed by atoms with Gasteiger partial charge in [0.25, 0.3) is 17.7 Å². The highest BCUT2D eigenvalue weighted by atomic mass is 16.5. The summed E-state index contributed by atoms with van der Waals surface area (Å²) in [6.07, 6.45) is -0.143. The normalized spacial score (nSPS) is 22.4. The van der Waals surface area contributed by atoms with E-state index >= 15 is 4.79 Å². The Kier molecular flexibility index (Phi) is 9.25. The monoisotopic (exact) mass is 779 g/mol. The Morgan fingerprint density at radius 3 is 1.95 bits per heavy atom. The lowest BCUT2D eigenvalue weighted by atomic mass is 9.63. The first-order valence-corrected chi connectivity index (χ1v) is 19.6. The molecule has 4 atom stereocenters. The fourth-order valence-electron chi connectivity index (χ4n) is 9.70. The van der Waals surface area contributed by atoms with Gasteiger partial charge in [0.1, 0.15) is 17.2 Å². The molecule has 296 valence electrons. The summed E-state index contributed by atoms with van der Waals surface area (Å²) in [5, 5.41) is 10.4. The van der Waals surface area contributed by atoms with E-state index in [-0.39, 0.29) is 55.9 Å². The number of amides is 3. The summed E-state index contributed by atoms with van der Waals surface area (Å²) in [6.45, 7) is 6.34. The molecule has 58 heavy (non-hydrogen) atoms. The molecule has 0 aromatic heterocycles. The molecule has 1 N–H and O–H groups in total. The minimum Gasteiger partial charge on any atom is -0.497 e. The van der Waals surface area contributed by atoms with Crippen molar-refractivity contribution in [2.24, 2.45) is 11.8 Å². The van der Waals surface area contributed by atoms with Gasteiger partial charge in [-0.25, -0.2) is 0 Å². The number of nitrogens with zero attached hydrogens (tertiary/aromatic N) is 3. The van der Waals surface area contributed by atoms with Crippen LogP contribution in [0.2, 0.25) is 0 Å². The van der Waals surface area contributed by atoms with Gasteiger partial charge in [-0.05, 0) is 89.7 Å². The van der Waals surface area contributed by atoms with Crippen LogP contribution < -0.4 is 28.9 Å². The van der Waals surface area contributed by atoms with E-state index in [0.717, 1.165) is 16.9 Å². The van der Waals surface area contributed by atoms with E-state index in [2.05, 4.69) is 32.9 Å². The molecule has 0 radical (unpaired) electrons. The molecule has 5 aromatic carbocycles. The minimum absolute atomic E-state index is 0.0603. The van der Waals surface area contributed by atoms with E-state index in [4.69, 9.17) is 18.9 Å². The Labute approximate surface area is 337 Å². The van der Waals surface area contributed by atoms with Crippen LogP contribution in [0, 0.1) is 11.8 Å². The molecular weight excluding hydrogens is 735 g/mol. The standard InChI is InChI=1S/C47H45N3O8/c1-29-44(46(2,3)31-15-20-34(55-4)21-16-31)41(23-24-51)58-47(29)35-25-33(50-38-10-6-8-12-40(38)57-28-43(50)53)19-22-36(35)48(45(47)54)26-30-13-17-32(18-14-30)49-37-9-5-7-11-39(37)56-27-42(49)52/h5-22,25,29,41,44,51H,23-24,26-28H2,1-4H3/t29-,41+,44-,47+/m0/s1. The maximum absolute atomic E-state index is 15.4. The molecule has 1 saturated heterocycles. The molecule has 1 fully saturated rings. The molecule has 9 rings (SSSR count). The number of hydrogen-bond donors (Lipinski definition) is 1. The van der Waals surface area contributed by atoms with E-state index in [1.807, 2.05) is 103 Å². The summed E-state index contributed by atoms with van der Waals surface area (Å²) in [7, 11) is 1.64. The molecule has 3 amide bonds. The van der Waals surface area contributed by atoms with Gasteiger partial charge >= 0.3 is 0 Å². The maximum atomic E-state index is 15.4. The zero-order chi connectivity index (χ0) is 40.3. The molecule has 4 heterocycles. The number of anilines is 5. The molecule has 0 bridgehead atoms. The maximum Gasteiger partial charge on any atom is 0.269 e. The number of aliphatic hydroxyl groups excluding tert-OH is 1. The molecule has 11 heteroatoms. The zero-order valence-electron chi connectivity index (χ0n) is 32.9. The first-order valence-electron chi connectivity index (χ1n) is 19.6. The van der Waals surface area contributed by atoms with E-state index in [0.29, 0.717) is 51.9 Å². The molecule has 0 saturated carbocycles. The fraction of sp³-hybridized carbons (Fsp3) is 0.298.